The molecule has 4 nitrogen and oxygen atoms in total. The van der Waals surface area contributed by atoms with Gasteiger partial charge in [-0.15, -0.1) is 0 Å². The third-order valence-corrected chi connectivity index (χ3v) is 29.1. The number of hydrogen-bond acceptors (Lipinski definition) is 2. The Labute approximate surface area is 778 Å². The first-order valence-electron chi connectivity index (χ1n) is 52.3. The summed E-state index contributed by atoms with van der Waals surface area (Å²) < 4.78 is 143. The van der Waals surface area contributed by atoms with E-state index in [0.29, 0.717) is 22.7 Å². The highest BCUT2D eigenvalue weighted by Gasteiger charge is 2.54. The number of rotatable bonds is 6. The van der Waals surface area contributed by atoms with Crippen LogP contribution in [0.15, 0.2) is 352 Å². The van der Waals surface area contributed by atoms with Crippen molar-refractivity contribution in [3.05, 3.63) is 424 Å². The number of fused-ring (bicyclic) bond motifs is 30. The first-order chi connectivity index (χ1) is 68.0. The van der Waals surface area contributed by atoms with Crippen LogP contribution < -0.4 is 26.2 Å². The van der Waals surface area contributed by atoms with Gasteiger partial charge in [0, 0.05) is 66.8 Å². The highest BCUT2D eigenvalue weighted by molar-refractivity contribution is 7.00. The molecule has 4 heterocycles. The van der Waals surface area contributed by atoms with E-state index >= 15 is 0 Å². The van der Waals surface area contributed by atoms with Gasteiger partial charge in [0.15, 0.2) is 0 Å². The average Bonchev–Trinajstić information content (AvgIpc) is 1.61. The fourth-order valence-corrected chi connectivity index (χ4v) is 22.9. The predicted octanol–water partition coefficient (Wildman–Crippen LogP) is 30.5. The molecule has 25 rings (SSSR count). The second kappa shape index (κ2) is 26.8. The van der Waals surface area contributed by atoms with E-state index in [0.717, 1.165) is 100 Å². The molecule has 0 saturated heterocycles. The molecule has 0 saturated carbocycles. The zero-order valence-electron chi connectivity index (χ0n) is 89.3. The van der Waals surface area contributed by atoms with Crippen LogP contribution in [0.3, 0.4) is 0 Å². The zero-order chi connectivity index (χ0) is 100.0. The molecule has 0 atom stereocenters. The van der Waals surface area contributed by atoms with Gasteiger partial charge < -0.3 is 18.9 Å². The van der Waals surface area contributed by atoms with Crippen molar-refractivity contribution in [2.24, 2.45) is 0 Å². The number of hydrogen-bond donors (Lipinski definition) is 0. The fraction of sp³-hybridized carbons (Fsp3) is 0.177. The summed E-state index contributed by atoms with van der Waals surface area (Å²) in [7, 11) is 0. The van der Waals surface area contributed by atoms with Crippen molar-refractivity contribution in [2.45, 2.75) is 142 Å². The van der Waals surface area contributed by atoms with Gasteiger partial charge in [-0.3, -0.25) is 0 Å². The molecule has 19 aromatic rings. The number of aromatic nitrogens is 2. The van der Waals surface area contributed by atoms with E-state index in [2.05, 4.69) is 327 Å². The molecule has 17 aromatic carbocycles. The van der Waals surface area contributed by atoms with Gasteiger partial charge in [0.25, 0.3) is 6.71 Å². The summed E-state index contributed by atoms with van der Waals surface area (Å²) in [6.45, 7) is 30.8. The van der Waals surface area contributed by atoms with Crippen molar-refractivity contribution in [2.75, 3.05) is 9.80 Å². The molecule has 5 heteroatoms. The molecular weight excluding hydrogens is 1560 g/mol. The van der Waals surface area contributed by atoms with Crippen LogP contribution in [-0.2, 0) is 37.9 Å². The largest absolute Gasteiger partial charge is 0.311 e. The summed E-state index contributed by atoms with van der Waals surface area (Å²) >= 11 is 0. The monoisotopic (exact) mass is 1670 g/mol. The molecule has 0 N–H and O–H groups in total. The summed E-state index contributed by atoms with van der Waals surface area (Å²) in [6, 6.07) is 93.5. The van der Waals surface area contributed by atoms with Crippen molar-refractivity contribution in [3.63, 3.8) is 0 Å². The third kappa shape index (κ3) is 10.8. The van der Waals surface area contributed by atoms with Gasteiger partial charge in [0.1, 0.15) is 0 Å². The summed E-state index contributed by atoms with van der Waals surface area (Å²) in [5.74, 6) is 0. The fourth-order valence-electron chi connectivity index (χ4n) is 22.9. The number of anilines is 6. The molecule has 0 bridgehead atoms. The number of benzene rings is 17. The second-order valence-corrected chi connectivity index (χ2v) is 41.6. The van der Waals surface area contributed by atoms with Crippen molar-refractivity contribution >= 4 is 101 Å². The van der Waals surface area contributed by atoms with Crippen molar-refractivity contribution in [1.82, 2.24) is 9.13 Å². The van der Waals surface area contributed by atoms with Gasteiger partial charge in [0.2, 0.25) is 0 Å². The molecule has 129 heavy (non-hydrogen) atoms. The van der Waals surface area contributed by atoms with Gasteiger partial charge >= 0.3 is 0 Å². The summed E-state index contributed by atoms with van der Waals surface area (Å²) in [5, 5.41) is 0.399. The van der Waals surface area contributed by atoms with E-state index in [1.165, 1.54) is 66.8 Å². The van der Waals surface area contributed by atoms with Gasteiger partial charge in [-0.25, -0.2) is 0 Å². The number of nitrogens with zero attached hydrogens (tertiary/aromatic N) is 4. The van der Waals surface area contributed by atoms with Gasteiger partial charge in [-0.05, 0) is 280 Å². The molecule has 2 aromatic heterocycles. The Hall–Kier alpha value is -14.0. The van der Waals surface area contributed by atoms with Crippen LogP contribution in [0, 0.1) is 0 Å². The SMILES string of the molecule is [2H]c1c([2H])c([2H])c2c(c1[2H])c1c([2H])c(C(C)(C)C)c([2H])c([2H])c1n2-c1ccc2c(c1)N(c1ccc(C(C)(C)C)cc1-c1ccc3c(c1)-c1ccccc1C31c3ccccc3-c3ccccc31)c1cc(C(C)(C)C)cc3c1B2c1ccc(-n2c4c([2H])c([2H])c([2H])c([2H])c4c4c([2H])c(C(C)(C)C)c([2H])c([2H])c42)cc1N3c1ccc(C(C)(C)C)cc1-c1ccc2c(c1)-c1ccccc1C21c2ccccc2-c2ccccc21. The van der Waals surface area contributed by atoms with E-state index in [-0.39, 0.29) is 115 Å². The van der Waals surface area contributed by atoms with Crippen LogP contribution in [-0.4, -0.2) is 15.8 Å². The highest BCUT2D eigenvalue weighted by atomic mass is 15.2. The Bertz CT molecular complexity index is 8430. The lowest BCUT2D eigenvalue weighted by Gasteiger charge is -2.46. The van der Waals surface area contributed by atoms with Gasteiger partial charge in [-0.1, -0.05) is 346 Å². The van der Waals surface area contributed by atoms with Crippen LogP contribution in [0.4, 0.5) is 34.1 Å². The van der Waals surface area contributed by atoms with E-state index in [9.17, 15) is 19.2 Å². The summed E-state index contributed by atoms with van der Waals surface area (Å²) in [5.41, 5.74) is 29.9. The van der Waals surface area contributed by atoms with E-state index in [1.54, 1.807) is 9.13 Å². The van der Waals surface area contributed by atoms with Crippen molar-refractivity contribution < 1.29 is 19.2 Å². The van der Waals surface area contributed by atoms with Crippen molar-refractivity contribution in [1.29, 1.82) is 0 Å². The van der Waals surface area contributed by atoms with Crippen LogP contribution in [0.25, 0.3) is 122 Å². The quantitative estimate of drug-likeness (QED) is 0.154. The molecule has 2 aliphatic heterocycles. The normalized spacial score (nSPS) is 16.1. The average molecular weight is 1670 g/mol. The van der Waals surface area contributed by atoms with E-state index < -0.39 is 68.8 Å². The lowest BCUT2D eigenvalue weighted by molar-refractivity contribution is 0.590. The first-order valence-corrected chi connectivity index (χ1v) is 45.3. The second-order valence-electron chi connectivity index (χ2n) is 41.6. The number of para-hydroxylation sites is 2. The topological polar surface area (TPSA) is 16.3 Å². The van der Waals surface area contributed by atoms with Crippen LogP contribution >= 0.6 is 0 Å². The van der Waals surface area contributed by atoms with Crippen LogP contribution in [0.2, 0.25) is 0 Å². The standard InChI is InChI=1S/C124H103BN4/c1-118(2,3)76-50-60-109(91(66-76)74-48-56-103-93(64-74)87-36-20-28-44-101(87)123(103)97-40-24-16-32-83(97)84-33-17-25-41-98(84)123)128-113-72-81(126-107-46-30-22-38-89(107)95-68-78(120(7,8)9)52-62-111(95)126)54-58-105(113)125-106-59-55-82(127-108-47-31-23-39-90(108)96-69-79(121(10,11)12)53-63-112(96)127)73-114(106)129(116-71-80(122(13,14)15)70-115(128)117(116)125)110-61-51-77(119(4,5)6)67-92(110)75-49-57-104-94(65-75)88-37-21-29-45-102(88)124(104)99-42-26-18-34-85(99)86-35-19-27-43-100(86)124/h16-73H,1-15H3/i22D,23D,30D,31D,38D,39D,46D,47D,52D,53D,62D,63D,68D,69D. The minimum atomic E-state index is -0.854. The first kappa shape index (κ1) is 63.8. The minimum Gasteiger partial charge on any atom is -0.311 e. The maximum atomic E-state index is 10.4. The maximum Gasteiger partial charge on any atom is 0.252 e. The third-order valence-electron chi connectivity index (χ3n) is 29.1. The lowest BCUT2D eigenvalue weighted by atomic mass is 9.33. The Morgan fingerprint density at radius 2 is 0.558 bits per heavy atom. The lowest BCUT2D eigenvalue weighted by Crippen LogP contribution is -2.61. The highest BCUT2D eigenvalue weighted by Crippen LogP contribution is 2.66. The molecular formula is C124H103BN4. The van der Waals surface area contributed by atoms with E-state index in [4.69, 9.17) is 0 Å². The molecule has 0 unspecified atom stereocenters. The molecule has 4 aliphatic carbocycles. The Balaban J connectivity index is 0.827. The molecule has 622 valence electrons. The molecule has 0 amide bonds. The molecule has 0 fully saturated rings. The molecule has 0 radical (unpaired) electrons. The zero-order valence-corrected chi connectivity index (χ0v) is 75.3. The van der Waals surface area contributed by atoms with E-state index in [1.807, 2.05) is 53.7 Å². The minimum absolute atomic E-state index is 0.0496. The summed E-state index contributed by atoms with van der Waals surface area (Å²) in [4.78, 5) is 4.81. The Morgan fingerprint density at radius 1 is 0.240 bits per heavy atom. The Morgan fingerprint density at radius 3 is 0.907 bits per heavy atom. The molecule has 2 spiro atoms. The predicted molar refractivity (Wildman–Crippen MR) is 546 cm³/mol. The van der Waals surface area contributed by atoms with Gasteiger partial charge in [-0.2, -0.15) is 0 Å². The van der Waals surface area contributed by atoms with Gasteiger partial charge in [0.05, 0.1) is 63.5 Å². The molecule has 6 aliphatic rings. The maximum absolute atomic E-state index is 10.4. The van der Waals surface area contributed by atoms with Crippen molar-refractivity contribution in [3.8, 4) is 78.1 Å². The summed E-state index contributed by atoms with van der Waals surface area (Å²) in [6.07, 6.45) is 0. The smallest absolute Gasteiger partial charge is 0.252 e. The van der Waals surface area contributed by atoms with Crippen LogP contribution in [0.1, 0.15) is 195 Å². The van der Waals surface area contributed by atoms with Crippen LogP contribution in [0.5, 0.6) is 0 Å². The Kier molecular flexibility index (Phi) is 13.3.